The number of hydrogen-bond acceptors (Lipinski definition) is 6. The second-order valence-electron chi connectivity index (χ2n) is 4.56. The third kappa shape index (κ3) is 2.79. The van der Waals surface area contributed by atoms with Gasteiger partial charge >= 0.3 is 11.7 Å². The van der Waals surface area contributed by atoms with E-state index in [1.807, 2.05) is 0 Å². The summed E-state index contributed by atoms with van der Waals surface area (Å²) in [6.45, 7) is 0.115. The van der Waals surface area contributed by atoms with Crippen molar-refractivity contribution in [2.45, 2.75) is 24.9 Å². The molecule has 19 heavy (non-hydrogen) atoms. The predicted octanol–water partition coefficient (Wildman–Crippen LogP) is 1.01. The van der Waals surface area contributed by atoms with Gasteiger partial charge in [0.1, 0.15) is 0 Å². The lowest BCUT2D eigenvalue weighted by molar-refractivity contribution is -0.384. The number of nitro groups is 1. The van der Waals surface area contributed by atoms with Crippen LogP contribution in [0.1, 0.15) is 29.8 Å². The monoisotopic (exact) mass is 267 g/mol. The summed E-state index contributed by atoms with van der Waals surface area (Å²) >= 11 is 0. The van der Waals surface area contributed by atoms with E-state index in [4.69, 9.17) is 5.11 Å². The average molecular weight is 267 g/mol. The molecule has 0 saturated heterocycles. The van der Waals surface area contributed by atoms with Crippen molar-refractivity contribution >= 4 is 17.5 Å². The molecule has 8 nitrogen and oxygen atoms in total. The number of carboxylic acid groups (broad SMARTS) is 1. The van der Waals surface area contributed by atoms with E-state index in [0.29, 0.717) is 12.8 Å². The zero-order valence-electron chi connectivity index (χ0n) is 10.00. The minimum atomic E-state index is -1.26. The molecule has 102 valence electrons. The highest BCUT2D eigenvalue weighted by molar-refractivity contribution is 5.86. The first kappa shape index (κ1) is 13.2. The van der Waals surface area contributed by atoms with Gasteiger partial charge < -0.3 is 15.5 Å². The van der Waals surface area contributed by atoms with Crippen LogP contribution in [0, 0.1) is 10.1 Å². The molecule has 3 N–H and O–H groups in total. The molecule has 1 aromatic heterocycles. The van der Waals surface area contributed by atoms with Gasteiger partial charge in [-0.1, -0.05) is 0 Å². The fourth-order valence-electron chi connectivity index (χ4n) is 1.86. The minimum Gasteiger partial charge on any atom is -0.477 e. The fourth-order valence-corrected chi connectivity index (χ4v) is 1.86. The van der Waals surface area contributed by atoms with Gasteiger partial charge in [0.2, 0.25) is 5.82 Å². The Bertz CT molecular complexity index is 527. The molecule has 1 heterocycles. The van der Waals surface area contributed by atoms with Crippen LogP contribution in [0.2, 0.25) is 0 Å². The quantitative estimate of drug-likeness (QED) is 0.537. The molecule has 1 fully saturated rings. The van der Waals surface area contributed by atoms with E-state index < -0.39 is 16.5 Å². The highest BCUT2D eigenvalue weighted by Gasteiger charge is 2.34. The van der Waals surface area contributed by atoms with Gasteiger partial charge in [0.15, 0.2) is 5.69 Å². The molecule has 0 spiro atoms. The second-order valence-corrected chi connectivity index (χ2v) is 4.56. The van der Waals surface area contributed by atoms with Crippen molar-refractivity contribution < 1.29 is 19.9 Å². The molecule has 2 rings (SSSR count). The van der Waals surface area contributed by atoms with Gasteiger partial charge in [-0.25, -0.2) is 9.78 Å². The first-order valence-corrected chi connectivity index (χ1v) is 5.76. The van der Waals surface area contributed by atoms with Gasteiger partial charge in [0.05, 0.1) is 10.5 Å². The third-order valence-electron chi connectivity index (χ3n) is 3.16. The average Bonchev–Trinajstić information content (AvgIpc) is 2.33. The van der Waals surface area contributed by atoms with Crippen molar-refractivity contribution in [3.63, 3.8) is 0 Å². The van der Waals surface area contributed by atoms with Crippen molar-refractivity contribution in [1.29, 1.82) is 0 Å². The van der Waals surface area contributed by atoms with E-state index >= 15 is 0 Å². The van der Waals surface area contributed by atoms with E-state index in [2.05, 4.69) is 10.3 Å². The molecule has 0 radical (unpaired) electrons. The van der Waals surface area contributed by atoms with Crippen LogP contribution in [-0.4, -0.2) is 38.2 Å². The fraction of sp³-hybridized carbons (Fsp3) is 0.455. The predicted molar refractivity (Wildman–Crippen MR) is 65.1 cm³/mol. The van der Waals surface area contributed by atoms with Crippen molar-refractivity contribution in [2.75, 3.05) is 11.9 Å². The molecular formula is C11H13N3O5. The number of carbonyl (C=O) groups is 1. The number of aromatic nitrogens is 1. The highest BCUT2D eigenvalue weighted by Crippen LogP contribution is 2.32. The van der Waals surface area contributed by atoms with Gasteiger partial charge in [0, 0.05) is 12.6 Å². The zero-order chi connectivity index (χ0) is 14.0. The summed E-state index contributed by atoms with van der Waals surface area (Å²) in [5, 5.41) is 32.2. The van der Waals surface area contributed by atoms with E-state index in [9.17, 15) is 20.0 Å². The maximum atomic E-state index is 10.8. The molecule has 0 aromatic carbocycles. The number of nitrogens with one attached hydrogen (secondary N) is 1. The van der Waals surface area contributed by atoms with Gasteiger partial charge in [-0.2, -0.15) is 0 Å². The van der Waals surface area contributed by atoms with E-state index in [0.717, 1.165) is 18.6 Å². The van der Waals surface area contributed by atoms with E-state index in [-0.39, 0.29) is 23.7 Å². The Morgan fingerprint density at radius 2 is 2.21 bits per heavy atom. The molecule has 1 aliphatic rings. The summed E-state index contributed by atoms with van der Waals surface area (Å²) in [4.78, 5) is 24.7. The van der Waals surface area contributed by atoms with Crippen LogP contribution in [0.25, 0.3) is 0 Å². The SMILES string of the molecule is O=C(O)c1ccc([N+](=O)[O-])c(NCC2(O)CCC2)n1. The summed E-state index contributed by atoms with van der Waals surface area (Å²) in [7, 11) is 0. The molecule has 0 unspecified atom stereocenters. The Balaban J connectivity index is 2.22. The Hall–Kier alpha value is -2.22. The molecule has 8 heteroatoms. The molecule has 0 atom stereocenters. The number of aliphatic hydroxyl groups is 1. The number of rotatable bonds is 5. The van der Waals surface area contributed by atoms with Crippen LogP contribution in [0.4, 0.5) is 11.5 Å². The van der Waals surface area contributed by atoms with E-state index in [1.165, 1.54) is 0 Å². The molecule has 1 aliphatic carbocycles. The molecule has 1 aromatic rings. The number of anilines is 1. The normalized spacial score (nSPS) is 16.5. The van der Waals surface area contributed by atoms with Crippen molar-refractivity contribution in [3.8, 4) is 0 Å². The molecular weight excluding hydrogens is 254 g/mol. The maximum absolute atomic E-state index is 10.8. The van der Waals surface area contributed by atoms with Crippen molar-refractivity contribution in [1.82, 2.24) is 4.98 Å². The zero-order valence-corrected chi connectivity index (χ0v) is 10.00. The number of pyridine rings is 1. The first-order valence-electron chi connectivity index (χ1n) is 5.76. The molecule has 0 amide bonds. The molecule has 1 saturated carbocycles. The lowest BCUT2D eigenvalue weighted by atomic mass is 9.80. The van der Waals surface area contributed by atoms with Crippen LogP contribution >= 0.6 is 0 Å². The summed E-state index contributed by atoms with van der Waals surface area (Å²) in [5.74, 6) is -1.40. The summed E-state index contributed by atoms with van der Waals surface area (Å²) in [5.41, 5.74) is -1.48. The van der Waals surface area contributed by atoms with Gasteiger partial charge in [0.25, 0.3) is 0 Å². The van der Waals surface area contributed by atoms with Crippen LogP contribution in [-0.2, 0) is 0 Å². The topological polar surface area (TPSA) is 126 Å². The van der Waals surface area contributed by atoms with Crippen molar-refractivity contribution in [2.24, 2.45) is 0 Å². The third-order valence-corrected chi connectivity index (χ3v) is 3.16. The van der Waals surface area contributed by atoms with E-state index in [1.54, 1.807) is 0 Å². The largest absolute Gasteiger partial charge is 0.477 e. The summed E-state index contributed by atoms with van der Waals surface area (Å²) in [6, 6.07) is 2.16. The van der Waals surface area contributed by atoms with Gasteiger partial charge in [-0.3, -0.25) is 10.1 Å². The number of aromatic carboxylic acids is 1. The summed E-state index contributed by atoms with van der Waals surface area (Å²) < 4.78 is 0. The van der Waals surface area contributed by atoms with Crippen LogP contribution < -0.4 is 5.32 Å². The number of carboxylic acids is 1. The number of hydrogen-bond donors (Lipinski definition) is 3. The Labute approximate surface area is 108 Å². The molecule has 0 bridgehead atoms. The Morgan fingerprint density at radius 1 is 1.53 bits per heavy atom. The van der Waals surface area contributed by atoms with Crippen LogP contribution in [0.5, 0.6) is 0 Å². The van der Waals surface area contributed by atoms with Gasteiger partial charge in [-0.15, -0.1) is 0 Å². The number of nitrogens with zero attached hydrogens (tertiary/aromatic N) is 2. The maximum Gasteiger partial charge on any atom is 0.354 e. The first-order chi connectivity index (χ1) is 8.91. The highest BCUT2D eigenvalue weighted by atomic mass is 16.6. The van der Waals surface area contributed by atoms with Gasteiger partial charge in [-0.05, 0) is 25.3 Å². The standard InChI is InChI=1S/C11H13N3O5/c15-10(16)7-2-3-8(14(18)19)9(13-7)12-6-11(17)4-1-5-11/h2-3,17H,1,4-6H2,(H,12,13)(H,15,16). The van der Waals surface area contributed by atoms with Crippen molar-refractivity contribution in [3.05, 3.63) is 27.9 Å². The Morgan fingerprint density at radius 3 is 2.68 bits per heavy atom. The minimum absolute atomic E-state index is 0.115. The lowest BCUT2D eigenvalue weighted by Gasteiger charge is -2.36. The summed E-state index contributed by atoms with van der Waals surface area (Å²) in [6.07, 6.45) is 2.14. The second kappa shape index (κ2) is 4.81. The molecule has 0 aliphatic heterocycles. The van der Waals surface area contributed by atoms with Crippen LogP contribution in [0.15, 0.2) is 12.1 Å². The Kier molecular flexibility index (Phi) is 3.34. The smallest absolute Gasteiger partial charge is 0.354 e. The van der Waals surface area contributed by atoms with Crippen LogP contribution in [0.3, 0.4) is 0 Å². The lowest BCUT2D eigenvalue weighted by Crippen LogP contribution is -2.43.